The molecule has 0 saturated heterocycles. The number of carbonyl (C=O) groups excluding carboxylic acids is 1. The molecule has 0 unspecified atom stereocenters. The first-order valence-electron chi connectivity index (χ1n) is 4.81. The van der Waals surface area contributed by atoms with Crippen LogP contribution in [0.25, 0.3) is 0 Å². The average molecular weight is 204 g/mol. The largest absolute Gasteiger partial charge is 0.330 e. The maximum atomic E-state index is 11.1. The first kappa shape index (κ1) is 12.9. The minimum absolute atomic E-state index is 0.294. The zero-order chi connectivity index (χ0) is 9.94. The van der Waals surface area contributed by atoms with Crippen LogP contribution in [0.3, 0.4) is 0 Å². The van der Waals surface area contributed by atoms with Crippen molar-refractivity contribution >= 4 is 16.9 Å². The first-order valence-corrected chi connectivity index (χ1v) is 5.80. The summed E-state index contributed by atoms with van der Waals surface area (Å²) in [5.74, 6) is 0.947. The lowest BCUT2D eigenvalue weighted by Gasteiger charge is -2.00. The van der Waals surface area contributed by atoms with Crippen molar-refractivity contribution in [3.63, 3.8) is 0 Å². The molecule has 0 aromatic rings. The molecule has 0 aliphatic carbocycles. The van der Waals surface area contributed by atoms with Gasteiger partial charge in [0.15, 0.2) is 5.12 Å². The Balaban J connectivity index is 3.08. The number of carbonyl (C=O) groups is 1. The van der Waals surface area contributed by atoms with Gasteiger partial charge in [0, 0.05) is 18.7 Å². The molecule has 0 rings (SSSR count). The third-order valence-corrected chi connectivity index (χ3v) is 2.71. The Labute approximate surface area is 84.8 Å². The highest BCUT2D eigenvalue weighted by Crippen LogP contribution is 2.08. The van der Waals surface area contributed by atoms with E-state index in [0.29, 0.717) is 11.5 Å². The summed E-state index contributed by atoms with van der Waals surface area (Å²) in [5.41, 5.74) is 5.35. The molecule has 0 spiro atoms. The summed E-state index contributed by atoms with van der Waals surface area (Å²) in [6.45, 7) is 1.55. The number of hydrogen-bond donors (Lipinski definition) is 2. The van der Waals surface area contributed by atoms with Gasteiger partial charge in [-0.25, -0.2) is 0 Å². The van der Waals surface area contributed by atoms with E-state index in [1.165, 1.54) is 11.8 Å². The fourth-order valence-corrected chi connectivity index (χ4v) is 1.73. The van der Waals surface area contributed by atoms with Crippen LogP contribution in [0.5, 0.6) is 0 Å². The smallest absolute Gasteiger partial charge is 0.190 e. The van der Waals surface area contributed by atoms with Crippen LogP contribution in [0.2, 0.25) is 0 Å². The average Bonchev–Trinajstić information content (AvgIpc) is 2.14. The van der Waals surface area contributed by atoms with Crippen molar-refractivity contribution in [2.24, 2.45) is 5.73 Å². The fraction of sp³-hybridized carbons (Fsp3) is 0.889. The van der Waals surface area contributed by atoms with Crippen molar-refractivity contribution < 1.29 is 4.79 Å². The maximum absolute atomic E-state index is 11.1. The number of hydrogen-bond acceptors (Lipinski definition) is 4. The van der Waals surface area contributed by atoms with Gasteiger partial charge in [0.2, 0.25) is 0 Å². The molecule has 0 saturated carbocycles. The van der Waals surface area contributed by atoms with E-state index in [4.69, 9.17) is 5.73 Å². The van der Waals surface area contributed by atoms with Crippen molar-refractivity contribution in [3.05, 3.63) is 0 Å². The number of thioether (sulfide) groups is 1. The lowest BCUT2D eigenvalue weighted by atomic mass is 10.2. The van der Waals surface area contributed by atoms with E-state index in [2.05, 4.69) is 5.32 Å². The molecule has 0 atom stereocenters. The number of nitrogens with one attached hydrogen (secondary N) is 1. The minimum atomic E-state index is 0.294. The molecule has 0 aromatic carbocycles. The number of nitrogens with two attached hydrogens (primary N) is 1. The zero-order valence-electron chi connectivity index (χ0n) is 8.34. The summed E-state index contributed by atoms with van der Waals surface area (Å²) in [6, 6.07) is 0. The Morgan fingerprint density at radius 2 is 2.15 bits per heavy atom. The van der Waals surface area contributed by atoms with Crippen molar-refractivity contribution in [1.82, 2.24) is 5.32 Å². The van der Waals surface area contributed by atoms with E-state index < -0.39 is 0 Å². The van der Waals surface area contributed by atoms with Gasteiger partial charge in [0.1, 0.15) is 0 Å². The van der Waals surface area contributed by atoms with E-state index in [0.717, 1.165) is 38.1 Å². The van der Waals surface area contributed by atoms with Gasteiger partial charge in [0.25, 0.3) is 0 Å². The van der Waals surface area contributed by atoms with Gasteiger partial charge >= 0.3 is 0 Å². The highest BCUT2D eigenvalue weighted by molar-refractivity contribution is 8.13. The number of unbranched alkanes of at least 4 members (excludes halogenated alkanes) is 2. The Hall–Kier alpha value is -0.0600. The van der Waals surface area contributed by atoms with Crippen molar-refractivity contribution in [2.45, 2.75) is 25.7 Å². The predicted molar refractivity (Wildman–Crippen MR) is 58.9 cm³/mol. The van der Waals surface area contributed by atoms with Gasteiger partial charge in [0.05, 0.1) is 0 Å². The molecule has 78 valence electrons. The minimum Gasteiger partial charge on any atom is -0.330 e. The van der Waals surface area contributed by atoms with Gasteiger partial charge in [-0.1, -0.05) is 18.2 Å². The molecule has 0 heterocycles. The van der Waals surface area contributed by atoms with Crippen LogP contribution in [0.4, 0.5) is 0 Å². The molecule has 3 N–H and O–H groups in total. The Kier molecular flexibility index (Phi) is 9.98. The summed E-state index contributed by atoms with van der Waals surface area (Å²) in [7, 11) is 1.86. The third kappa shape index (κ3) is 9.86. The summed E-state index contributed by atoms with van der Waals surface area (Å²) < 4.78 is 0. The van der Waals surface area contributed by atoms with Crippen LogP contribution in [0.15, 0.2) is 0 Å². The zero-order valence-corrected chi connectivity index (χ0v) is 9.16. The number of rotatable bonds is 8. The quantitative estimate of drug-likeness (QED) is 0.579. The van der Waals surface area contributed by atoms with Crippen LogP contribution in [-0.2, 0) is 4.79 Å². The second-order valence-electron chi connectivity index (χ2n) is 2.92. The van der Waals surface area contributed by atoms with Crippen LogP contribution in [-0.4, -0.2) is 31.0 Å². The van der Waals surface area contributed by atoms with E-state index >= 15 is 0 Å². The molecule has 0 amide bonds. The Morgan fingerprint density at radius 3 is 2.77 bits per heavy atom. The molecular formula is C9H20N2OS. The maximum Gasteiger partial charge on any atom is 0.190 e. The Morgan fingerprint density at radius 1 is 1.38 bits per heavy atom. The molecule has 3 nitrogen and oxygen atoms in total. The van der Waals surface area contributed by atoms with Gasteiger partial charge in [-0.3, -0.25) is 4.79 Å². The summed E-state index contributed by atoms with van der Waals surface area (Å²) in [6.07, 6.45) is 3.96. The van der Waals surface area contributed by atoms with Crippen LogP contribution in [0, 0.1) is 0 Å². The molecule has 0 fully saturated rings. The molecular weight excluding hydrogens is 184 g/mol. The van der Waals surface area contributed by atoms with Crippen molar-refractivity contribution in [1.29, 1.82) is 0 Å². The van der Waals surface area contributed by atoms with Gasteiger partial charge < -0.3 is 11.1 Å². The lowest BCUT2D eigenvalue weighted by molar-refractivity contribution is -0.110. The second kappa shape index (κ2) is 10.0. The first-order chi connectivity index (χ1) is 6.31. The SMILES string of the molecule is CNCCC(=O)SCCCCCN. The molecule has 0 aliphatic heterocycles. The summed E-state index contributed by atoms with van der Waals surface area (Å²) in [4.78, 5) is 11.1. The molecule has 0 bridgehead atoms. The molecule has 0 aromatic heterocycles. The van der Waals surface area contributed by atoms with Gasteiger partial charge in [-0.2, -0.15) is 0 Å². The highest BCUT2D eigenvalue weighted by atomic mass is 32.2. The van der Waals surface area contributed by atoms with Gasteiger partial charge in [-0.05, 0) is 26.4 Å². The topological polar surface area (TPSA) is 55.1 Å². The lowest BCUT2D eigenvalue weighted by Crippen LogP contribution is -2.11. The van der Waals surface area contributed by atoms with E-state index in [-0.39, 0.29) is 0 Å². The summed E-state index contributed by atoms with van der Waals surface area (Å²) in [5, 5.41) is 3.25. The third-order valence-electron chi connectivity index (χ3n) is 1.69. The van der Waals surface area contributed by atoms with Crippen molar-refractivity contribution in [3.8, 4) is 0 Å². The van der Waals surface area contributed by atoms with Gasteiger partial charge in [-0.15, -0.1) is 0 Å². The van der Waals surface area contributed by atoms with E-state index in [9.17, 15) is 4.79 Å². The Bertz CT molecular complexity index is 131. The monoisotopic (exact) mass is 204 g/mol. The van der Waals surface area contributed by atoms with E-state index in [1.807, 2.05) is 7.05 Å². The normalized spacial score (nSPS) is 10.3. The fourth-order valence-electron chi connectivity index (χ4n) is 0.908. The predicted octanol–water partition coefficient (Wildman–Crippen LogP) is 0.985. The molecule has 0 radical (unpaired) electrons. The highest BCUT2D eigenvalue weighted by Gasteiger charge is 2.00. The second-order valence-corrected chi connectivity index (χ2v) is 4.08. The van der Waals surface area contributed by atoms with E-state index in [1.54, 1.807) is 0 Å². The van der Waals surface area contributed by atoms with Crippen molar-refractivity contribution in [2.75, 3.05) is 25.9 Å². The molecule has 4 heteroatoms. The molecule has 0 aliphatic rings. The standard InChI is InChI=1S/C9H20N2OS/c1-11-7-5-9(12)13-8-4-2-3-6-10/h11H,2-8,10H2,1H3. The van der Waals surface area contributed by atoms with Crippen LogP contribution < -0.4 is 11.1 Å². The summed E-state index contributed by atoms with van der Waals surface area (Å²) >= 11 is 1.45. The van der Waals surface area contributed by atoms with Crippen LogP contribution in [0.1, 0.15) is 25.7 Å². The van der Waals surface area contributed by atoms with Crippen LogP contribution >= 0.6 is 11.8 Å². The molecule has 13 heavy (non-hydrogen) atoms.